The molecule has 0 aliphatic carbocycles. The van der Waals surface area contributed by atoms with Gasteiger partial charge >= 0.3 is 0 Å². The van der Waals surface area contributed by atoms with E-state index in [0.717, 1.165) is 15.6 Å². The van der Waals surface area contributed by atoms with Gasteiger partial charge in [0.1, 0.15) is 0 Å². The maximum Gasteiger partial charge on any atom is 0.258 e. The van der Waals surface area contributed by atoms with Crippen LogP contribution in [0.5, 0.6) is 0 Å². The van der Waals surface area contributed by atoms with Gasteiger partial charge in [-0.1, -0.05) is 5.16 Å². The molecular formula is C8H8BrN3O. The summed E-state index contributed by atoms with van der Waals surface area (Å²) in [6, 6.07) is 1.93. The van der Waals surface area contributed by atoms with E-state index in [1.807, 2.05) is 6.07 Å². The quantitative estimate of drug-likeness (QED) is 0.866. The molecule has 0 aliphatic heterocycles. The number of hydrogen-bond acceptors (Lipinski definition) is 4. The highest BCUT2D eigenvalue weighted by Crippen LogP contribution is 2.20. The highest BCUT2D eigenvalue weighted by molar-refractivity contribution is 9.10. The van der Waals surface area contributed by atoms with Crippen LogP contribution in [0.4, 0.5) is 0 Å². The third-order valence-electron chi connectivity index (χ3n) is 1.75. The van der Waals surface area contributed by atoms with Crippen molar-refractivity contribution in [1.82, 2.24) is 10.1 Å². The van der Waals surface area contributed by atoms with Crippen molar-refractivity contribution in [2.45, 2.75) is 6.42 Å². The first-order valence-corrected chi connectivity index (χ1v) is 4.70. The number of nitrogens with zero attached hydrogens (tertiary/aromatic N) is 2. The summed E-state index contributed by atoms with van der Waals surface area (Å²) in [4.78, 5) is 4.07. The molecule has 13 heavy (non-hydrogen) atoms. The SMILES string of the molecule is NCCc1noc2ncc(Br)cc12. The summed E-state index contributed by atoms with van der Waals surface area (Å²) in [5.74, 6) is 0. The second-order valence-electron chi connectivity index (χ2n) is 2.67. The standard InChI is InChI=1S/C8H8BrN3O/c9-5-3-6-7(1-2-10)12-13-8(6)11-4-5/h3-4H,1-2,10H2. The van der Waals surface area contributed by atoms with Crippen molar-refractivity contribution in [2.24, 2.45) is 5.73 Å². The first-order valence-electron chi connectivity index (χ1n) is 3.91. The summed E-state index contributed by atoms with van der Waals surface area (Å²) >= 11 is 3.34. The second kappa shape index (κ2) is 3.43. The zero-order valence-corrected chi connectivity index (χ0v) is 8.41. The minimum atomic E-state index is 0.562. The zero-order chi connectivity index (χ0) is 9.26. The first-order chi connectivity index (χ1) is 6.31. The van der Waals surface area contributed by atoms with Gasteiger partial charge in [-0.15, -0.1) is 0 Å². The third-order valence-corrected chi connectivity index (χ3v) is 2.19. The summed E-state index contributed by atoms with van der Waals surface area (Å²) in [5.41, 5.74) is 6.86. The smallest absolute Gasteiger partial charge is 0.258 e. The Morgan fingerprint density at radius 1 is 1.54 bits per heavy atom. The molecule has 0 bridgehead atoms. The molecule has 4 nitrogen and oxygen atoms in total. The predicted molar refractivity (Wildman–Crippen MR) is 52.3 cm³/mol. The molecule has 68 valence electrons. The fraction of sp³-hybridized carbons (Fsp3) is 0.250. The van der Waals surface area contributed by atoms with Crippen LogP contribution in [0, 0.1) is 0 Å². The number of halogens is 1. The highest BCUT2D eigenvalue weighted by atomic mass is 79.9. The Morgan fingerprint density at radius 3 is 3.15 bits per heavy atom. The Kier molecular flexibility index (Phi) is 2.28. The molecule has 0 amide bonds. The predicted octanol–water partition coefficient (Wildman–Crippen LogP) is 1.49. The molecule has 0 unspecified atom stereocenters. The van der Waals surface area contributed by atoms with E-state index >= 15 is 0 Å². The van der Waals surface area contributed by atoms with Gasteiger partial charge in [0.25, 0.3) is 5.71 Å². The van der Waals surface area contributed by atoms with Gasteiger partial charge in [0.15, 0.2) is 0 Å². The van der Waals surface area contributed by atoms with E-state index in [4.69, 9.17) is 10.3 Å². The van der Waals surface area contributed by atoms with Crippen molar-refractivity contribution in [2.75, 3.05) is 6.54 Å². The Bertz CT molecular complexity index is 426. The maximum atomic E-state index is 5.44. The fourth-order valence-corrected chi connectivity index (χ4v) is 1.50. The van der Waals surface area contributed by atoms with Gasteiger partial charge in [-0.25, -0.2) is 4.98 Å². The number of pyridine rings is 1. The highest BCUT2D eigenvalue weighted by Gasteiger charge is 2.08. The van der Waals surface area contributed by atoms with Crippen LogP contribution in [-0.2, 0) is 6.42 Å². The molecule has 0 aliphatic rings. The molecular weight excluding hydrogens is 234 g/mol. The lowest BCUT2D eigenvalue weighted by molar-refractivity contribution is 0.439. The number of hydrogen-bond donors (Lipinski definition) is 1. The Labute approximate surface area is 83.2 Å². The Balaban J connectivity index is 2.58. The molecule has 0 atom stereocenters. The van der Waals surface area contributed by atoms with Crippen LogP contribution in [0.1, 0.15) is 5.69 Å². The van der Waals surface area contributed by atoms with Crippen molar-refractivity contribution in [3.63, 3.8) is 0 Å². The van der Waals surface area contributed by atoms with Crippen LogP contribution in [0.25, 0.3) is 11.1 Å². The summed E-state index contributed by atoms with van der Waals surface area (Å²) < 4.78 is 5.94. The van der Waals surface area contributed by atoms with Crippen molar-refractivity contribution >= 4 is 27.0 Å². The molecule has 0 radical (unpaired) electrons. The molecule has 2 N–H and O–H groups in total. The lowest BCUT2D eigenvalue weighted by Crippen LogP contribution is -2.02. The van der Waals surface area contributed by atoms with Gasteiger partial charge < -0.3 is 10.3 Å². The van der Waals surface area contributed by atoms with Gasteiger partial charge in [-0.3, -0.25) is 0 Å². The van der Waals surface area contributed by atoms with Crippen molar-refractivity contribution < 1.29 is 4.52 Å². The second-order valence-corrected chi connectivity index (χ2v) is 3.59. The minimum Gasteiger partial charge on any atom is -0.336 e. The van der Waals surface area contributed by atoms with E-state index in [1.54, 1.807) is 6.20 Å². The van der Waals surface area contributed by atoms with E-state index in [-0.39, 0.29) is 0 Å². The molecule has 0 saturated carbocycles. The number of aromatic nitrogens is 2. The van der Waals surface area contributed by atoms with Gasteiger partial charge in [-0.2, -0.15) is 0 Å². The van der Waals surface area contributed by atoms with Crippen molar-refractivity contribution in [3.8, 4) is 0 Å². The molecule has 0 aromatic carbocycles. The number of rotatable bonds is 2. The molecule has 0 fully saturated rings. The van der Waals surface area contributed by atoms with E-state index in [2.05, 4.69) is 26.1 Å². The summed E-state index contributed by atoms with van der Waals surface area (Å²) in [5, 5.41) is 4.82. The van der Waals surface area contributed by atoms with Gasteiger partial charge in [0, 0.05) is 17.1 Å². The Morgan fingerprint density at radius 2 is 2.38 bits per heavy atom. The zero-order valence-electron chi connectivity index (χ0n) is 6.83. The summed E-state index contributed by atoms with van der Waals surface area (Å²) in [6.45, 7) is 0.564. The normalized spacial score (nSPS) is 10.9. The van der Waals surface area contributed by atoms with E-state index in [1.165, 1.54) is 0 Å². The average Bonchev–Trinajstić information content (AvgIpc) is 2.49. The Hall–Kier alpha value is -0.940. The molecule has 2 aromatic heterocycles. The molecule has 2 rings (SSSR count). The van der Waals surface area contributed by atoms with Crippen molar-refractivity contribution in [1.29, 1.82) is 0 Å². The molecule has 0 saturated heterocycles. The fourth-order valence-electron chi connectivity index (χ4n) is 1.17. The molecule has 2 aromatic rings. The lowest BCUT2D eigenvalue weighted by Gasteiger charge is -1.91. The van der Waals surface area contributed by atoms with Crippen LogP contribution in [0.15, 0.2) is 21.3 Å². The summed E-state index contributed by atoms with van der Waals surface area (Å²) in [6.07, 6.45) is 2.39. The van der Waals surface area contributed by atoms with E-state index in [9.17, 15) is 0 Å². The van der Waals surface area contributed by atoms with Gasteiger partial charge in [-0.05, 0) is 28.5 Å². The number of fused-ring (bicyclic) bond motifs is 1. The van der Waals surface area contributed by atoms with Crippen LogP contribution >= 0.6 is 15.9 Å². The van der Waals surface area contributed by atoms with Crippen LogP contribution < -0.4 is 5.73 Å². The molecule has 2 heterocycles. The van der Waals surface area contributed by atoms with Gasteiger partial charge in [0.2, 0.25) is 0 Å². The topological polar surface area (TPSA) is 64.9 Å². The minimum absolute atomic E-state index is 0.562. The largest absolute Gasteiger partial charge is 0.336 e. The van der Waals surface area contributed by atoms with Crippen LogP contribution in [-0.4, -0.2) is 16.7 Å². The van der Waals surface area contributed by atoms with Gasteiger partial charge in [0.05, 0.1) is 11.1 Å². The maximum absolute atomic E-state index is 5.44. The molecule has 0 spiro atoms. The van der Waals surface area contributed by atoms with E-state index in [0.29, 0.717) is 18.7 Å². The van der Waals surface area contributed by atoms with Crippen LogP contribution in [0.2, 0.25) is 0 Å². The number of nitrogens with two attached hydrogens (primary N) is 1. The van der Waals surface area contributed by atoms with E-state index < -0.39 is 0 Å². The van der Waals surface area contributed by atoms with Crippen molar-refractivity contribution in [3.05, 3.63) is 22.4 Å². The monoisotopic (exact) mass is 241 g/mol. The van der Waals surface area contributed by atoms with Crippen LogP contribution in [0.3, 0.4) is 0 Å². The summed E-state index contributed by atoms with van der Waals surface area (Å²) in [7, 11) is 0. The average molecular weight is 242 g/mol. The molecule has 5 heteroatoms. The third kappa shape index (κ3) is 1.57. The lowest BCUT2D eigenvalue weighted by atomic mass is 10.2. The first kappa shape index (κ1) is 8.65.